The van der Waals surface area contributed by atoms with Gasteiger partial charge in [-0.15, -0.1) is 19.0 Å². The molecule has 0 radical (unpaired) electrons. The third-order valence-corrected chi connectivity index (χ3v) is 2.26. The molecular formula is C12H16ClF2N. The van der Waals surface area contributed by atoms with Crippen molar-refractivity contribution in [2.24, 2.45) is 5.73 Å². The zero-order chi connectivity index (χ0) is 11.6. The van der Waals surface area contributed by atoms with Crippen LogP contribution in [0.3, 0.4) is 0 Å². The maximum atomic E-state index is 13.6. The lowest BCUT2D eigenvalue weighted by molar-refractivity contribution is 0.519. The lowest BCUT2D eigenvalue weighted by Gasteiger charge is -2.14. The molecule has 0 aromatic heterocycles. The molecule has 0 bridgehead atoms. The lowest BCUT2D eigenvalue weighted by Crippen LogP contribution is -2.15. The van der Waals surface area contributed by atoms with Crippen molar-refractivity contribution in [3.05, 3.63) is 47.0 Å². The second-order valence-electron chi connectivity index (χ2n) is 3.86. The molecule has 0 aliphatic rings. The monoisotopic (exact) mass is 247 g/mol. The Morgan fingerprint density at radius 2 is 2.00 bits per heavy atom. The van der Waals surface area contributed by atoms with Crippen molar-refractivity contribution in [2.75, 3.05) is 0 Å². The van der Waals surface area contributed by atoms with Crippen LogP contribution in [0.15, 0.2) is 24.3 Å². The van der Waals surface area contributed by atoms with Crippen molar-refractivity contribution in [2.45, 2.75) is 26.3 Å². The highest BCUT2D eigenvalue weighted by atomic mass is 35.5. The van der Waals surface area contributed by atoms with Gasteiger partial charge in [-0.2, -0.15) is 0 Å². The first-order chi connectivity index (χ1) is 6.93. The third kappa shape index (κ3) is 3.29. The van der Waals surface area contributed by atoms with Crippen LogP contribution >= 0.6 is 12.4 Å². The molecule has 0 saturated heterocycles. The van der Waals surface area contributed by atoms with Crippen molar-refractivity contribution in [3.8, 4) is 0 Å². The maximum absolute atomic E-state index is 13.6. The van der Waals surface area contributed by atoms with Crippen molar-refractivity contribution in [3.63, 3.8) is 0 Å². The standard InChI is InChI=1S/C12H15F2N.ClH/c1-7(2)6-10(15)11-9(13)5-4-8(3)12(11)14;/h4-5,10H,1,6,15H2,2-3H3;1H/t10-;/m0./s1. The Hall–Kier alpha value is -0.930. The molecule has 0 unspecified atom stereocenters. The fraction of sp³-hybridized carbons (Fsp3) is 0.333. The minimum atomic E-state index is -0.664. The summed E-state index contributed by atoms with van der Waals surface area (Å²) < 4.78 is 27.0. The molecule has 90 valence electrons. The van der Waals surface area contributed by atoms with E-state index in [1.165, 1.54) is 12.1 Å². The van der Waals surface area contributed by atoms with Gasteiger partial charge < -0.3 is 5.73 Å². The first-order valence-corrected chi connectivity index (χ1v) is 4.78. The summed E-state index contributed by atoms with van der Waals surface area (Å²) in [5.74, 6) is -1.14. The molecule has 2 N–H and O–H groups in total. The zero-order valence-electron chi connectivity index (χ0n) is 9.39. The minimum absolute atomic E-state index is 0. The van der Waals surface area contributed by atoms with E-state index in [-0.39, 0.29) is 18.0 Å². The summed E-state index contributed by atoms with van der Waals surface area (Å²) in [4.78, 5) is 0. The van der Waals surface area contributed by atoms with Crippen LogP contribution < -0.4 is 5.73 Å². The molecule has 0 saturated carbocycles. The molecular weight excluding hydrogens is 232 g/mol. The summed E-state index contributed by atoms with van der Waals surface area (Å²) >= 11 is 0. The van der Waals surface area contributed by atoms with Gasteiger partial charge in [0.1, 0.15) is 11.6 Å². The molecule has 1 aromatic carbocycles. The van der Waals surface area contributed by atoms with Crippen molar-refractivity contribution in [1.29, 1.82) is 0 Å². The van der Waals surface area contributed by atoms with Crippen molar-refractivity contribution >= 4 is 12.4 Å². The van der Waals surface area contributed by atoms with Gasteiger partial charge in [0.25, 0.3) is 0 Å². The van der Waals surface area contributed by atoms with Crippen LogP contribution in [-0.2, 0) is 0 Å². The summed E-state index contributed by atoms with van der Waals surface area (Å²) in [6.45, 7) is 7.05. The number of hydrogen-bond acceptors (Lipinski definition) is 1. The summed E-state index contributed by atoms with van der Waals surface area (Å²) in [5, 5.41) is 0. The van der Waals surface area contributed by atoms with Gasteiger partial charge >= 0.3 is 0 Å². The fourth-order valence-corrected chi connectivity index (χ4v) is 1.50. The van der Waals surface area contributed by atoms with Crippen LogP contribution in [0.4, 0.5) is 8.78 Å². The van der Waals surface area contributed by atoms with Crippen LogP contribution in [0, 0.1) is 18.6 Å². The molecule has 0 amide bonds. The molecule has 1 rings (SSSR count). The number of benzene rings is 1. The van der Waals surface area contributed by atoms with E-state index in [9.17, 15) is 8.78 Å². The van der Waals surface area contributed by atoms with Crippen LogP contribution in [0.2, 0.25) is 0 Å². The smallest absolute Gasteiger partial charge is 0.133 e. The Morgan fingerprint density at radius 1 is 1.44 bits per heavy atom. The zero-order valence-corrected chi connectivity index (χ0v) is 10.2. The van der Waals surface area contributed by atoms with E-state index >= 15 is 0 Å². The predicted molar refractivity (Wildman–Crippen MR) is 64.7 cm³/mol. The van der Waals surface area contributed by atoms with E-state index in [1.54, 1.807) is 13.8 Å². The van der Waals surface area contributed by atoms with Gasteiger partial charge in [0.2, 0.25) is 0 Å². The minimum Gasteiger partial charge on any atom is -0.324 e. The van der Waals surface area contributed by atoms with Gasteiger partial charge in [0, 0.05) is 11.6 Å². The van der Waals surface area contributed by atoms with Gasteiger partial charge in [-0.25, -0.2) is 8.78 Å². The molecule has 1 atom stereocenters. The average molecular weight is 248 g/mol. The Labute approximate surface area is 101 Å². The Balaban J connectivity index is 0.00000225. The van der Waals surface area contributed by atoms with Crippen molar-refractivity contribution < 1.29 is 8.78 Å². The van der Waals surface area contributed by atoms with Crippen molar-refractivity contribution in [1.82, 2.24) is 0 Å². The normalized spacial score (nSPS) is 11.8. The molecule has 0 spiro atoms. The van der Waals surface area contributed by atoms with Crippen LogP contribution in [0.5, 0.6) is 0 Å². The highest BCUT2D eigenvalue weighted by Crippen LogP contribution is 2.25. The first kappa shape index (κ1) is 15.1. The van der Waals surface area contributed by atoms with Gasteiger partial charge in [0.05, 0.1) is 0 Å². The van der Waals surface area contributed by atoms with E-state index in [4.69, 9.17) is 5.73 Å². The van der Waals surface area contributed by atoms with Crippen LogP contribution in [0.1, 0.15) is 30.5 Å². The number of nitrogens with two attached hydrogens (primary N) is 1. The molecule has 0 heterocycles. The second-order valence-corrected chi connectivity index (χ2v) is 3.86. The Bertz CT molecular complexity index is 391. The molecule has 4 heteroatoms. The fourth-order valence-electron chi connectivity index (χ4n) is 1.50. The lowest BCUT2D eigenvalue weighted by atomic mass is 9.98. The van der Waals surface area contributed by atoms with E-state index in [0.717, 1.165) is 5.57 Å². The van der Waals surface area contributed by atoms with E-state index in [0.29, 0.717) is 12.0 Å². The summed E-state index contributed by atoms with van der Waals surface area (Å²) in [6, 6.07) is 1.98. The molecule has 1 nitrogen and oxygen atoms in total. The maximum Gasteiger partial charge on any atom is 0.133 e. The number of halogens is 3. The largest absolute Gasteiger partial charge is 0.324 e. The van der Waals surface area contributed by atoms with Gasteiger partial charge in [-0.05, 0) is 31.9 Å². The van der Waals surface area contributed by atoms with E-state index in [1.807, 2.05) is 0 Å². The quantitative estimate of drug-likeness (QED) is 0.811. The predicted octanol–water partition coefficient (Wildman–Crippen LogP) is 3.66. The Morgan fingerprint density at radius 3 is 2.50 bits per heavy atom. The highest BCUT2D eigenvalue weighted by molar-refractivity contribution is 5.85. The Kier molecular flexibility index (Phi) is 5.62. The van der Waals surface area contributed by atoms with Gasteiger partial charge in [0.15, 0.2) is 0 Å². The number of rotatable bonds is 3. The average Bonchev–Trinajstić information content (AvgIpc) is 2.11. The summed E-state index contributed by atoms with van der Waals surface area (Å²) in [6.07, 6.45) is 0.386. The summed E-state index contributed by atoms with van der Waals surface area (Å²) in [5.41, 5.74) is 6.90. The van der Waals surface area contributed by atoms with Gasteiger partial charge in [-0.3, -0.25) is 0 Å². The third-order valence-electron chi connectivity index (χ3n) is 2.26. The van der Waals surface area contributed by atoms with E-state index in [2.05, 4.69) is 6.58 Å². The highest BCUT2D eigenvalue weighted by Gasteiger charge is 2.18. The molecule has 0 aliphatic carbocycles. The van der Waals surface area contributed by atoms with E-state index < -0.39 is 17.7 Å². The van der Waals surface area contributed by atoms with Gasteiger partial charge in [-0.1, -0.05) is 11.6 Å². The van der Waals surface area contributed by atoms with Crippen LogP contribution in [0.25, 0.3) is 0 Å². The molecule has 0 fully saturated rings. The molecule has 1 aromatic rings. The summed E-state index contributed by atoms with van der Waals surface area (Å²) in [7, 11) is 0. The first-order valence-electron chi connectivity index (χ1n) is 4.78. The molecule has 0 aliphatic heterocycles. The molecule has 16 heavy (non-hydrogen) atoms. The second kappa shape index (κ2) is 5.97. The SMILES string of the molecule is C=C(C)C[C@H](N)c1c(F)ccc(C)c1F.Cl. The van der Waals surface area contributed by atoms with Crippen LogP contribution in [-0.4, -0.2) is 0 Å². The number of hydrogen-bond donors (Lipinski definition) is 1. The number of aryl methyl sites for hydroxylation is 1. The topological polar surface area (TPSA) is 26.0 Å².